The second kappa shape index (κ2) is 4.88. The van der Waals surface area contributed by atoms with Crippen molar-refractivity contribution in [2.24, 2.45) is 10.5 Å². The highest BCUT2D eigenvalue weighted by Crippen LogP contribution is 2.07. The zero-order valence-corrected chi connectivity index (χ0v) is 10.1. The Morgan fingerprint density at radius 1 is 1.44 bits per heavy atom. The third-order valence-electron chi connectivity index (χ3n) is 1.79. The molecule has 0 aliphatic rings. The highest BCUT2D eigenvalue weighted by Gasteiger charge is 2.07. The number of hydrogen-bond acceptors (Lipinski definition) is 3. The number of nitrogens with zero attached hydrogens (tertiary/aromatic N) is 2. The fourth-order valence-corrected chi connectivity index (χ4v) is 0.951. The maximum absolute atomic E-state index is 11.6. The lowest BCUT2D eigenvalue weighted by molar-refractivity contribution is 0.0954. The number of amides is 1. The summed E-state index contributed by atoms with van der Waals surface area (Å²) in [4.78, 5) is 15.6. The molecule has 0 unspecified atom stereocenters. The van der Waals surface area contributed by atoms with E-state index in [-0.39, 0.29) is 11.3 Å². The van der Waals surface area contributed by atoms with Crippen LogP contribution in [0.25, 0.3) is 0 Å². The van der Waals surface area contributed by atoms with E-state index in [0.29, 0.717) is 5.56 Å². The molecule has 1 aromatic rings. The molecule has 1 rings (SSSR count). The lowest BCUT2D eigenvalue weighted by Gasteiger charge is -2.09. The van der Waals surface area contributed by atoms with Gasteiger partial charge in [0.15, 0.2) is 0 Å². The number of aryl methyl sites for hydroxylation is 1. The molecular formula is C12H17N3O. The second-order valence-electron chi connectivity index (χ2n) is 4.75. The Labute approximate surface area is 95.8 Å². The molecule has 0 spiro atoms. The Bertz CT molecular complexity index is 388. The van der Waals surface area contributed by atoms with Crippen LogP contribution in [0, 0.1) is 12.3 Å². The number of carbonyl (C=O) groups is 1. The second-order valence-corrected chi connectivity index (χ2v) is 4.75. The number of rotatable bonds is 2. The van der Waals surface area contributed by atoms with Crippen LogP contribution in [0.3, 0.4) is 0 Å². The van der Waals surface area contributed by atoms with Gasteiger partial charge in [-0.25, -0.2) is 5.43 Å². The zero-order valence-electron chi connectivity index (χ0n) is 10.1. The quantitative estimate of drug-likeness (QED) is 0.612. The van der Waals surface area contributed by atoms with Crippen LogP contribution in [0.5, 0.6) is 0 Å². The average Bonchev–Trinajstić information content (AvgIpc) is 2.16. The first kappa shape index (κ1) is 12.4. The first-order valence-corrected chi connectivity index (χ1v) is 5.16. The van der Waals surface area contributed by atoms with Gasteiger partial charge in [0.25, 0.3) is 5.91 Å². The molecule has 0 atom stereocenters. The molecule has 86 valence electrons. The smallest absolute Gasteiger partial charge is 0.267 e. The third kappa shape index (κ3) is 4.21. The summed E-state index contributed by atoms with van der Waals surface area (Å²) in [5.74, 6) is -0.243. The lowest BCUT2D eigenvalue weighted by atomic mass is 9.99. The summed E-state index contributed by atoms with van der Waals surface area (Å²) in [7, 11) is 0. The molecule has 4 nitrogen and oxygen atoms in total. The lowest BCUT2D eigenvalue weighted by Crippen LogP contribution is -2.19. The van der Waals surface area contributed by atoms with E-state index < -0.39 is 0 Å². The average molecular weight is 219 g/mol. The van der Waals surface area contributed by atoms with Crippen LogP contribution in [0.2, 0.25) is 0 Å². The van der Waals surface area contributed by atoms with Crippen LogP contribution in [-0.4, -0.2) is 17.1 Å². The first-order chi connectivity index (χ1) is 7.38. The minimum Gasteiger partial charge on any atom is -0.267 e. The molecule has 0 fully saturated rings. The van der Waals surface area contributed by atoms with Gasteiger partial charge in [-0.05, 0) is 24.5 Å². The fourth-order valence-electron chi connectivity index (χ4n) is 0.951. The Morgan fingerprint density at radius 3 is 2.62 bits per heavy atom. The van der Waals surface area contributed by atoms with E-state index in [4.69, 9.17) is 0 Å². The van der Waals surface area contributed by atoms with Crippen LogP contribution in [0.1, 0.15) is 36.8 Å². The van der Waals surface area contributed by atoms with Crippen LogP contribution in [-0.2, 0) is 0 Å². The number of hydrazone groups is 1. The number of aromatic nitrogens is 1. The van der Waals surface area contributed by atoms with Crippen molar-refractivity contribution in [1.29, 1.82) is 0 Å². The van der Waals surface area contributed by atoms with Crippen LogP contribution >= 0.6 is 0 Å². The van der Waals surface area contributed by atoms with Gasteiger partial charge in [0.05, 0.1) is 5.56 Å². The Hall–Kier alpha value is -1.71. The molecule has 16 heavy (non-hydrogen) atoms. The summed E-state index contributed by atoms with van der Waals surface area (Å²) < 4.78 is 0. The van der Waals surface area contributed by atoms with Gasteiger partial charge in [-0.3, -0.25) is 9.78 Å². The molecule has 1 heterocycles. The van der Waals surface area contributed by atoms with E-state index >= 15 is 0 Å². The van der Waals surface area contributed by atoms with E-state index in [1.54, 1.807) is 18.3 Å². The number of pyridine rings is 1. The topological polar surface area (TPSA) is 54.4 Å². The van der Waals surface area contributed by atoms with Crippen molar-refractivity contribution in [2.75, 3.05) is 0 Å². The molecule has 0 aromatic carbocycles. The first-order valence-electron chi connectivity index (χ1n) is 5.16. The van der Waals surface area contributed by atoms with Gasteiger partial charge in [-0.1, -0.05) is 20.8 Å². The monoisotopic (exact) mass is 219 g/mol. The molecule has 1 amide bonds. The Balaban J connectivity index is 2.60. The molecule has 1 N–H and O–H groups in total. The minimum atomic E-state index is -0.243. The summed E-state index contributed by atoms with van der Waals surface area (Å²) >= 11 is 0. The molecular weight excluding hydrogens is 202 g/mol. The number of hydrogen-bond donors (Lipinski definition) is 1. The SMILES string of the molecule is Cc1ccc(C(=O)N/N=C/C(C)(C)C)cn1. The molecule has 4 heteroatoms. The summed E-state index contributed by atoms with van der Waals surface area (Å²) in [6.45, 7) is 7.90. The summed E-state index contributed by atoms with van der Waals surface area (Å²) in [6, 6.07) is 3.52. The molecule has 0 radical (unpaired) electrons. The zero-order chi connectivity index (χ0) is 12.2. The van der Waals surface area contributed by atoms with Crippen LogP contribution < -0.4 is 5.43 Å². The highest BCUT2D eigenvalue weighted by atomic mass is 16.2. The van der Waals surface area contributed by atoms with Crippen LogP contribution in [0.4, 0.5) is 0 Å². The van der Waals surface area contributed by atoms with Crippen molar-refractivity contribution in [3.63, 3.8) is 0 Å². The van der Waals surface area contributed by atoms with Gasteiger partial charge in [0, 0.05) is 18.1 Å². The van der Waals surface area contributed by atoms with E-state index in [1.165, 1.54) is 6.20 Å². The van der Waals surface area contributed by atoms with Crippen LogP contribution in [0.15, 0.2) is 23.4 Å². The van der Waals surface area contributed by atoms with Gasteiger partial charge < -0.3 is 0 Å². The summed E-state index contributed by atoms with van der Waals surface area (Å²) in [6.07, 6.45) is 3.24. The minimum absolute atomic E-state index is 0.0429. The van der Waals surface area contributed by atoms with Crippen molar-refractivity contribution < 1.29 is 4.79 Å². The van der Waals surface area contributed by atoms with Gasteiger partial charge >= 0.3 is 0 Å². The molecule has 0 aliphatic carbocycles. The number of nitrogens with one attached hydrogen (secondary N) is 1. The third-order valence-corrected chi connectivity index (χ3v) is 1.79. The predicted octanol–water partition coefficient (Wildman–Crippen LogP) is 2.15. The maximum atomic E-state index is 11.6. The Kier molecular flexibility index (Phi) is 3.77. The van der Waals surface area contributed by atoms with Crippen molar-refractivity contribution in [3.8, 4) is 0 Å². The van der Waals surface area contributed by atoms with Crippen molar-refractivity contribution >= 4 is 12.1 Å². The molecule has 0 aliphatic heterocycles. The molecule has 0 saturated heterocycles. The van der Waals surface area contributed by atoms with Gasteiger partial charge in [0.1, 0.15) is 0 Å². The predicted molar refractivity (Wildman–Crippen MR) is 64.4 cm³/mol. The maximum Gasteiger partial charge on any atom is 0.272 e. The van der Waals surface area contributed by atoms with E-state index in [1.807, 2.05) is 27.7 Å². The molecule has 0 saturated carbocycles. The van der Waals surface area contributed by atoms with Gasteiger partial charge in [-0.15, -0.1) is 0 Å². The van der Waals surface area contributed by atoms with E-state index in [2.05, 4.69) is 15.5 Å². The van der Waals surface area contributed by atoms with E-state index in [9.17, 15) is 4.79 Å². The Morgan fingerprint density at radius 2 is 2.12 bits per heavy atom. The largest absolute Gasteiger partial charge is 0.272 e. The van der Waals surface area contributed by atoms with Crippen molar-refractivity contribution in [1.82, 2.24) is 10.4 Å². The van der Waals surface area contributed by atoms with Gasteiger partial charge in [0.2, 0.25) is 0 Å². The standard InChI is InChI=1S/C12H17N3O/c1-9-5-6-10(7-13-9)11(16)15-14-8-12(2,3)4/h5-8H,1-4H3,(H,15,16)/b14-8+. The molecule has 1 aromatic heterocycles. The van der Waals surface area contributed by atoms with Crippen molar-refractivity contribution in [3.05, 3.63) is 29.6 Å². The van der Waals surface area contributed by atoms with Crippen molar-refractivity contribution in [2.45, 2.75) is 27.7 Å². The molecule has 0 bridgehead atoms. The number of carbonyl (C=O) groups excluding carboxylic acids is 1. The summed E-state index contributed by atoms with van der Waals surface area (Å²) in [5, 5.41) is 3.89. The highest BCUT2D eigenvalue weighted by molar-refractivity contribution is 5.94. The fraction of sp³-hybridized carbons (Fsp3) is 0.417. The summed E-state index contributed by atoms with van der Waals surface area (Å²) in [5.41, 5.74) is 3.82. The van der Waals surface area contributed by atoms with E-state index in [0.717, 1.165) is 5.69 Å². The van der Waals surface area contributed by atoms with Gasteiger partial charge in [-0.2, -0.15) is 5.10 Å². The normalized spacial score (nSPS) is 11.8.